The van der Waals surface area contributed by atoms with Gasteiger partial charge in [0.05, 0.1) is 16.1 Å². The van der Waals surface area contributed by atoms with Crippen LogP contribution in [0.15, 0.2) is 94.2 Å². The van der Waals surface area contributed by atoms with Crippen molar-refractivity contribution in [1.29, 1.82) is 0 Å². The minimum absolute atomic E-state index is 0.0806. The maximum atomic E-state index is 13.9. The van der Waals surface area contributed by atoms with E-state index < -0.39 is 21.4 Å². The number of nitrogens with zero attached hydrogens (tertiary/aromatic N) is 2. The van der Waals surface area contributed by atoms with Gasteiger partial charge in [0.25, 0.3) is 15.9 Å². The number of carbonyl (C=O) groups is 2. The molecule has 0 unspecified atom stereocenters. The molecule has 10 heteroatoms. The van der Waals surface area contributed by atoms with Gasteiger partial charge in [-0.05, 0) is 60.4 Å². The number of likely N-dealkylation sites (tertiary alicyclic amines) is 1. The number of nitrogens with two attached hydrogens (primary N) is 1. The van der Waals surface area contributed by atoms with Crippen molar-refractivity contribution in [3.05, 3.63) is 107 Å². The largest absolute Gasteiger partial charge is 0.478 e. The van der Waals surface area contributed by atoms with Crippen molar-refractivity contribution in [2.75, 3.05) is 23.9 Å². The third-order valence-electron chi connectivity index (χ3n) is 8.13. The van der Waals surface area contributed by atoms with Gasteiger partial charge in [0.2, 0.25) is 0 Å². The van der Waals surface area contributed by atoms with Crippen LogP contribution in [0.2, 0.25) is 0 Å². The number of carboxylic acids is 1. The van der Waals surface area contributed by atoms with Crippen molar-refractivity contribution in [1.82, 2.24) is 4.90 Å². The van der Waals surface area contributed by atoms with Crippen LogP contribution < -0.4 is 10.0 Å². The summed E-state index contributed by atoms with van der Waals surface area (Å²) < 4.78 is 35.0. The van der Waals surface area contributed by atoms with Gasteiger partial charge in [0.15, 0.2) is 5.76 Å². The van der Waals surface area contributed by atoms with Crippen molar-refractivity contribution in [2.24, 2.45) is 5.73 Å². The maximum Gasteiger partial charge on any atom is 0.335 e. The zero-order chi connectivity index (χ0) is 28.8. The molecule has 3 N–H and O–H groups in total. The topological polar surface area (TPSA) is 134 Å². The Morgan fingerprint density at radius 3 is 2.39 bits per heavy atom. The molecule has 9 nitrogen and oxygen atoms in total. The first-order chi connectivity index (χ1) is 19.7. The Kier molecular flexibility index (Phi) is 6.67. The third kappa shape index (κ3) is 4.68. The number of hydrogen-bond acceptors (Lipinski definition) is 6. The molecular weight excluding hydrogens is 542 g/mol. The van der Waals surface area contributed by atoms with Crippen LogP contribution in [0, 0.1) is 0 Å². The number of hydrogen-bond donors (Lipinski definition) is 2. The number of piperidine rings is 1. The lowest BCUT2D eigenvalue weighted by Crippen LogP contribution is -2.47. The van der Waals surface area contributed by atoms with E-state index in [0.717, 1.165) is 16.7 Å². The zero-order valence-electron chi connectivity index (χ0n) is 22.2. The highest BCUT2D eigenvalue weighted by molar-refractivity contribution is 7.92. The van der Waals surface area contributed by atoms with E-state index in [1.807, 2.05) is 42.5 Å². The predicted octanol–water partition coefficient (Wildman–Crippen LogP) is 4.49. The second-order valence-electron chi connectivity index (χ2n) is 10.5. The van der Waals surface area contributed by atoms with E-state index in [0.29, 0.717) is 43.9 Å². The van der Waals surface area contributed by atoms with Gasteiger partial charge < -0.3 is 20.2 Å². The second-order valence-corrected chi connectivity index (χ2v) is 12.4. The highest BCUT2D eigenvalue weighted by Crippen LogP contribution is 2.49. The number of amides is 1. The van der Waals surface area contributed by atoms with Crippen LogP contribution >= 0.6 is 0 Å². The molecular formula is C31H29N3O6S. The maximum absolute atomic E-state index is 13.9. The van der Waals surface area contributed by atoms with E-state index in [1.165, 1.54) is 28.6 Å². The van der Waals surface area contributed by atoms with Gasteiger partial charge in [-0.2, -0.15) is 0 Å². The number of fused-ring (bicyclic) bond motifs is 2. The highest BCUT2D eigenvalue weighted by atomic mass is 32.2. The summed E-state index contributed by atoms with van der Waals surface area (Å²) >= 11 is 0. The molecule has 210 valence electrons. The molecule has 2 aliphatic heterocycles. The standard InChI is InChI=1S/C31H29N3O6S/c32-19-21-9-10-26-25(17-21)31(20-34(26)41(38,39)24-8-4-7-23(18-24)30(36)37)13-15-33(16-14-31)29(35)28-12-11-27(40-28)22-5-2-1-3-6-22/h1-12,17-18H,13-16,19-20,32H2,(H,36,37). The zero-order valence-corrected chi connectivity index (χ0v) is 23.0. The summed E-state index contributed by atoms with van der Waals surface area (Å²) in [7, 11) is -4.06. The first kappa shape index (κ1) is 26.8. The van der Waals surface area contributed by atoms with Gasteiger partial charge in [-0.25, -0.2) is 13.2 Å². The summed E-state index contributed by atoms with van der Waals surface area (Å²) in [5.74, 6) is -0.517. The normalized spacial score (nSPS) is 16.1. The number of anilines is 1. The van der Waals surface area contributed by atoms with Crippen molar-refractivity contribution in [3.8, 4) is 11.3 Å². The van der Waals surface area contributed by atoms with Crippen LogP contribution in [0.3, 0.4) is 0 Å². The van der Waals surface area contributed by atoms with E-state index in [4.69, 9.17) is 10.2 Å². The Labute approximate surface area is 237 Å². The number of sulfonamides is 1. The van der Waals surface area contributed by atoms with Gasteiger partial charge in [0.1, 0.15) is 5.76 Å². The summed E-state index contributed by atoms with van der Waals surface area (Å²) in [6.45, 7) is 1.35. The molecule has 3 heterocycles. The number of benzene rings is 3. The van der Waals surface area contributed by atoms with E-state index in [-0.39, 0.29) is 28.7 Å². The van der Waals surface area contributed by atoms with E-state index in [2.05, 4.69) is 0 Å². The van der Waals surface area contributed by atoms with Gasteiger partial charge >= 0.3 is 5.97 Å². The summed E-state index contributed by atoms with van der Waals surface area (Å²) in [4.78, 5) is 26.5. The lowest BCUT2D eigenvalue weighted by atomic mass is 9.74. The minimum atomic E-state index is -4.06. The molecule has 41 heavy (non-hydrogen) atoms. The van der Waals surface area contributed by atoms with Crippen LogP contribution in [0.25, 0.3) is 11.3 Å². The average Bonchev–Trinajstić information content (AvgIpc) is 3.62. The first-order valence-corrected chi connectivity index (χ1v) is 14.8. The molecule has 1 aromatic heterocycles. The van der Waals surface area contributed by atoms with Crippen molar-refractivity contribution in [2.45, 2.75) is 29.7 Å². The summed E-state index contributed by atoms with van der Waals surface area (Å²) in [6, 6.07) is 24.0. The van der Waals surface area contributed by atoms with Crippen molar-refractivity contribution < 1.29 is 27.5 Å². The van der Waals surface area contributed by atoms with Crippen LogP contribution in [0.4, 0.5) is 5.69 Å². The molecule has 3 aromatic carbocycles. The highest BCUT2D eigenvalue weighted by Gasteiger charge is 2.49. The molecule has 1 fully saturated rings. The molecule has 1 amide bonds. The molecule has 4 aromatic rings. The van der Waals surface area contributed by atoms with Crippen molar-refractivity contribution in [3.63, 3.8) is 0 Å². The number of carbonyl (C=O) groups excluding carboxylic acids is 1. The average molecular weight is 572 g/mol. The Bertz CT molecular complexity index is 1740. The Morgan fingerprint density at radius 1 is 0.927 bits per heavy atom. The van der Waals surface area contributed by atoms with Crippen molar-refractivity contribution >= 4 is 27.6 Å². The minimum Gasteiger partial charge on any atom is -0.478 e. The molecule has 1 saturated heterocycles. The number of carboxylic acid groups (broad SMARTS) is 1. The van der Waals surface area contributed by atoms with Gasteiger partial charge in [-0.3, -0.25) is 9.10 Å². The fourth-order valence-electron chi connectivity index (χ4n) is 5.86. The number of rotatable bonds is 6. The first-order valence-electron chi connectivity index (χ1n) is 13.4. The lowest BCUT2D eigenvalue weighted by Gasteiger charge is -2.39. The second kappa shape index (κ2) is 10.2. The Morgan fingerprint density at radius 2 is 1.68 bits per heavy atom. The monoisotopic (exact) mass is 571 g/mol. The van der Waals surface area contributed by atoms with Gasteiger partial charge in [0, 0.05) is 37.2 Å². The fourth-order valence-corrected chi connectivity index (χ4v) is 7.48. The smallest absolute Gasteiger partial charge is 0.335 e. The molecule has 0 aliphatic carbocycles. The van der Waals surface area contributed by atoms with E-state index in [9.17, 15) is 23.1 Å². The van der Waals surface area contributed by atoms with Gasteiger partial charge in [-0.1, -0.05) is 48.5 Å². The van der Waals surface area contributed by atoms with Crippen LogP contribution in [0.5, 0.6) is 0 Å². The van der Waals surface area contributed by atoms with Crippen LogP contribution in [-0.2, 0) is 22.0 Å². The van der Waals surface area contributed by atoms with Crippen LogP contribution in [-0.4, -0.2) is 49.9 Å². The fraction of sp³-hybridized carbons (Fsp3) is 0.226. The number of aromatic carboxylic acids is 1. The summed E-state index contributed by atoms with van der Waals surface area (Å²) in [5.41, 5.74) is 8.53. The molecule has 1 spiro atoms. The number of furan rings is 1. The lowest BCUT2D eigenvalue weighted by molar-refractivity contribution is 0.0642. The molecule has 0 atom stereocenters. The van der Waals surface area contributed by atoms with Crippen LogP contribution in [0.1, 0.15) is 44.9 Å². The molecule has 0 radical (unpaired) electrons. The predicted molar refractivity (Wildman–Crippen MR) is 153 cm³/mol. The van der Waals surface area contributed by atoms with E-state index >= 15 is 0 Å². The quantitative estimate of drug-likeness (QED) is 0.348. The molecule has 0 bridgehead atoms. The third-order valence-corrected chi connectivity index (χ3v) is 9.89. The SMILES string of the molecule is NCc1ccc2c(c1)C1(CCN(C(=O)c3ccc(-c4ccccc4)o3)CC1)CN2S(=O)(=O)c1cccc(C(=O)O)c1. The molecule has 2 aliphatic rings. The Hall–Kier alpha value is -4.41. The molecule has 0 saturated carbocycles. The summed E-state index contributed by atoms with van der Waals surface area (Å²) in [5, 5.41) is 9.41. The summed E-state index contributed by atoms with van der Waals surface area (Å²) in [6.07, 6.45) is 1.10. The molecule has 6 rings (SSSR count). The Balaban J connectivity index is 1.27. The van der Waals surface area contributed by atoms with Gasteiger partial charge in [-0.15, -0.1) is 0 Å². The van der Waals surface area contributed by atoms with E-state index in [1.54, 1.807) is 23.1 Å².